The molecule has 0 aliphatic heterocycles. The van der Waals surface area contributed by atoms with Gasteiger partial charge in [-0.1, -0.05) is 29.7 Å². The van der Waals surface area contributed by atoms with Crippen LogP contribution in [0.1, 0.15) is 18.2 Å². The Balaban J connectivity index is 2.09. The number of anilines is 1. The van der Waals surface area contributed by atoms with Gasteiger partial charge in [-0.25, -0.2) is 23.3 Å². The van der Waals surface area contributed by atoms with Crippen LogP contribution in [0.5, 0.6) is 0 Å². The molecule has 1 aromatic heterocycles. The first-order valence-corrected chi connectivity index (χ1v) is 10.4. The number of nitrogens with two attached hydrogens (primary N) is 1. The van der Waals surface area contributed by atoms with Gasteiger partial charge in [0, 0.05) is 16.9 Å². The second-order valence-electron chi connectivity index (χ2n) is 5.56. The van der Waals surface area contributed by atoms with E-state index in [-0.39, 0.29) is 12.3 Å². The lowest BCUT2D eigenvalue weighted by Gasteiger charge is -2.22. The number of aromatic nitrogens is 1. The molecule has 0 bridgehead atoms. The maximum atomic E-state index is 11.8. The van der Waals surface area contributed by atoms with Crippen molar-refractivity contribution in [2.75, 3.05) is 17.6 Å². The predicted octanol–water partition coefficient (Wildman–Crippen LogP) is 2.15. The van der Waals surface area contributed by atoms with E-state index in [0.717, 1.165) is 5.56 Å². The highest BCUT2D eigenvalue weighted by atomic mass is 35.5. The third kappa shape index (κ3) is 5.19. The Hall–Kier alpha value is -2.12. The van der Waals surface area contributed by atoms with E-state index < -0.39 is 21.5 Å². The zero-order valence-corrected chi connectivity index (χ0v) is 16.2. The van der Waals surface area contributed by atoms with Gasteiger partial charge in [0.05, 0.1) is 16.9 Å². The van der Waals surface area contributed by atoms with E-state index in [1.807, 2.05) is 19.1 Å². The van der Waals surface area contributed by atoms with Gasteiger partial charge in [-0.3, -0.25) is 5.32 Å². The fourth-order valence-electron chi connectivity index (χ4n) is 2.10. The minimum absolute atomic E-state index is 0.101. The van der Waals surface area contributed by atoms with Gasteiger partial charge in [0.25, 0.3) is 0 Å². The van der Waals surface area contributed by atoms with Crippen molar-refractivity contribution >= 4 is 44.1 Å². The van der Waals surface area contributed by atoms with Gasteiger partial charge >= 0.3 is 6.03 Å². The highest BCUT2D eigenvalue weighted by Gasteiger charge is 2.29. The maximum absolute atomic E-state index is 11.8. The first kappa shape index (κ1) is 20.2. The largest absolute Gasteiger partial charge is 0.337 e. The number of hydrogen-bond donors (Lipinski definition) is 3. The maximum Gasteiger partial charge on any atom is 0.321 e. The van der Waals surface area contributed by atoms with Gasteiger partial charge in [0.1, 0.15) is 0 Å². The van der Waals surface area contributed by atoms with Crippen LogP contribution >= 0.6 is 22.9 Å². The molecule has 138 valence electrons. The Morgan fingerprint density at radius 3 is 2.65 bits per heavy atom. The normalized spacial score (nSPS) is 13.5. The number of halogens is 1. The number of carbonyl (C=O) groups excluding carboxylic acids is 1. The van der Waals surface area contributed by atoms with Crippen molar-refractivity contribution in [3.8, 4) is 12.3 Å². The number of hydrogen-bond acceptors (Lipinski definition) is 5. The molecule has 10 heteroatoms. The average Bonchev–Trinajstić information content (AvgIpc) is 3.02. The molecule has 4 N–H and O–H groups in total. The number of primary sulfonamides is 1. The molecule has 0 radical (unpaired) electrons. The summed E-state index contributed by atoms with van der Waals surface area (Å²) < 4.78 is 21.7. The van der Waals surface area contributed by atoms with Gasteiger partial charge in [0.15, 0.2) is 5.13 Å². The van der Waals surface area contributed by atoms with Gasteiger partial charge in [-0.2, -0.15) is 0 Å². The molecule has 0 aliphatic carbocycles. The van der Waals surface area contributed by atoms with Crippen molar-refractivity contribution in [1.29, 1.82) is 0 Å². The monoisotopic (exact) mass is 412 g/mol. The molecule has 2 amide bonds. The lowest BCUT2D eigenvalue weighted by molar-refractivity contribution is 0.252. The van der Waals surface area contributed by atoms with Gasteiger partial charge in [-0.05, 0) is 24.6 Å². The summed E-state index contributed by atoms with van der Waals surface area (Å²) in [5.74, 6) is 2.39. The smallest absolute Gasteiger partial charge is 0.321 e. The highest BCUT2D eigenvalue weighted by Crippen LogP contribution is 2.33. The summed E-state index contributed by atoms with van der Waals surface area (Å²) >= 11 is 7.13. The van der Waals surface area contributed by atoms with E-state index in [4.69, 9.17) is 23.2 Å². The molecule has 0 fully saturated rings. The predicted molar refractivity (Wildman–Crippen MR) is 104 cm³/mol. The Labute approximate surface area is 161 Å². The van der Waals surface area contributed by atoms with E-state index in [0.29, 0.717) is 15.8 Å². The van der Waals surface area contributed by atoms with E-state index in [9.17, 15) is 13.2 Å². The minimum atomic E-state index is -3.63. The number of urea groups is 1. The topological polar surface area (TPSA) is 114 Å². The molecule has 1 heterocycles. The molecular formula is C16H17ClN4O3S2. The highest BCUT2D eigenvalue weighted by molar-refractivity contribution is 7.89. The first-order valence-electron chi connectivity index (χ1n) is 7.39. The zero-order valence-electron chi connectivity index (χ0n) is 13.8. The first-order chi connectivity index (χ1) is 12.1. The molecule has 0 spiro atoms. The molecule has 0 saturated carbocycles. The standard InChI is InChI=1S/C16H17ClN4O3S2/c1-3-16(2,11-4-6-12(17)7-5-11)13-10-25-15(20-13)21-14(22)19-8-9-26(18,23)24/h1,4-7,10H,8-9H2,2H3,(H2,18,23,24)(H2,19,20,21,22)/t16-/m0/s1. The number of benzene rings is 1. The van der Waals surface area contributed by atoms with Crippen LogP contribution in [0.3, 0.4) is 0 Å². The summed E-state index contributed by atoms with van der Waals surface area (Å²) in [6.07, 6.45) is 5.74. The number of amides is 2. The summed E-state index contributed by atoms with van der Waals surface area (Å²) in [6.45, 7) is 1.75. The van der Waals surface area contributed by atoms with Crippen LogP contribution in [-0.4, -0.2) is 31.7 Å². The lowest BCUT2D eigenvalue weighted by atomic mass is 9.81. The van der Waals surface area contributed by atoms with Crippen LogP contribution in [0.25, 0.3) is 0 Å². The number of terminal acetylenes is 1. The minimum Gasteiger partial charge on any atom is -0.337 e. The van der Waals surface area contributed by atoms with E-state index >= 15 is 0 Å². The quantitative estimate of drug-likeness (QED) is 0.630. The van der Waals surface area contributed by atoms with Crippen molar-refractivity contribution in [1.82, 2.24) is 10.3 Å². The number of rotatable bonds is 6. The summed E-state index contributed by atoms with van der Waals surface area (Å²) in [5, 5.41) is 12.5. The van der Waals surface area contributed by atoms with Gasteiger partial charge in [-0.15, -0.1) is 17.8 Å². The van der Waals surface area contributed by atoms with Gasteiger partial charge < -0.3 is 5.32 Å². The summed E-state index contributed by atoms with van der Waals surface area (Å²) in [6, 6.07) is 6.57. The van der Waals surface area contributed by atoms with Crippen molar-refractivity contribution in [2.24, 2.45) is 5.14 Å². The summed E-state index contributed by atoms with van der Waals surface area (Å²) in [7, 11) is -3.63. The Bertz CT molecular complexity index is 935. The number of sulfonamides is 1. The Kier molecular flexibility index (Phi) is 6.26. The van der Waals surface area contributed by atoms with Crippen LogP contribution < -0.4 is 15.8 Å². The van der Waals surface area contributed by atoms with E-state index in [2.05, 4.69) is 21.5 Å². The summed E-state index contributed by atoms with van der Waals surface area (Å²) in [4.78, 5) is 16.2. The van der Waals surface area contributed by atoms with Crippen LogP contribution in [0, 0.1) is 12.3 Å². The van der Waals surface area contributed by atoms with Crippen LogP contribution in [0.2, 0.25) is 5.02 Å². The molecule has 1 aromatic carbocycles. The molecule has 0 unspecified atom stereocenters. The average molecular weight is 413 g/mol. The third-order valence-corrected chi connectivity index (χ3v) is 5.40. The van der Waals surface area contributed by atoms with E-state index in [1.165, 1.54) is 11.3 Å². The van der Waals surface area contributed by atoms with Crippen LogP contribution in [0.4, 0.5) is 9.93 Å². The van der Waals surface area contributed by atoms with Crippen molar-refractivity contribution < 1.29 is 13.2 Å². The molecule has 1 atom stereocenters. The number of nitrogens with one attached hydrogen (secondary N) is 2. The van der Waals surface area contributed by atoms with E-state index in [1.54, 1.807) is 17.5 Å². The van der Waals surface area contributed by atoms with Crippen LogP contribution in [-0.2, 0) is 15.4 Å². The van der Waals surface area contributed by atoms with Crippen molar-refractivity contribution in [3.05, 3.63) is 45.9 Å². The lowest BCUT2D eigenvalue weighted by Crippen LogP contribution is -2.34. The molecule has 0 aliphatic rings. The Morgan fingerprint density at radius 1 is 1.42 bits per heavy atom. The second-order valence-corrected chi connectivity index (χ2v) is 8.59. The van der Waals surface area contributed by atoms with Crippen molar-refractivity contribution in [2.45, 2.75) is 12.3 Å². The Morgan fingerprint density at radius 2 is 2.08 bits per heavy atom. The molecule has 2 rings (SSSR count). The van der Waals surface area contributed by atoms with Crippen LogP contribution in [0.15, 0.2) is 29.6 Å². The fraction of sp³-hybridized carbons (Fsp3) is 0.250. The third-order valence-electron chi connectivity index (χ3n) is 3.62. The summed E-state index contributed by atoms with van der Waals surface area (Å²) in [5.41, 5.74) is 0.663. The second kappa shape index (κ2) is 8.05. The molecule has 2 aromatic rings. The number of thiazole rings is 1. The molecule has 26 heavy (non-hydrogen) atoms. The zero-order chi connectivity index (χ0) is 19.4. The SMILES string of the molecule is C#C[C@@](C)(c1ccc(Cl)cc1)c1csc(NC(=O)NCCS(N)(=O)=O)n1. The number of carbonyl (C=O) groups is 1. The molecule has 0 saturated heterocycles. The fourth-order valence-corrected chi connectivity index (χ4v) is 3.42. The van der Waals surface area contributed by atoms with Gasteiger partial charge in [0.2, 0.25) is 10.0 Å². The molecular weight excluding hydrogens is 396 g/mol. The van der Waals surface area contributed by atoms with Crippen molar-refractivity contribution in [3.63, 3.8) is 0 Å². The molecule has 7 nitrogen and oxygen atoms in total. The number of nitrogens with zero attached hydrogens (tertiary/aromatic N) is 1.